The number of carbonyl (C=O) groups is 1. The molecule has 0 radical (unpaired) electrons. The minimum absolute atomic E-state index is 0.141. The van der Waals surface area contributed by atoms with Gasteiger partial charge in [0.2, 0.25) is 5.91 Å². The molecule has 1 aromatic heterocycles. The molecule has 0 unspecified atom stereocenters. The van der Waals surface area contributed by atoms with E-state index in [0.29, 0.717) is 16.5 Å². The molecule has 150 valence electrons. The zero-order chi connectivity index (χ0) is 20.8. The van der Waals surface area contributed by atoms with Gasteiger partial charge in [0, 0.05) is 24.2 Å². The number of amides is 1. The zero-order valence-electron chi connectivity index (χ0n) is 16.4. The van der Waals surface area contributed by atoms with Crippen molar-refractivity contribution in [1.29, 1.82) is 0 Å². The summed E-state index contributed by atoms with van der Waals surface area (Å²) in [6.45, 7) is 1.94. The van der Waals surface area contributed by atoms with E-state index >= 15 is 0 Å². The first-order valence-corrected chi connectivity index (χ1v) is 9.38. The lowest BCUT2D eigenvalue weighted by Gasteiger charge is -2.14. The summed E-state index contributed by atoms with van der Waals surface area (Å²) in [5, 5.41) is 3.37. The van der Waals surface area contributed by atoms with Gasteiger partial charge in [0.05, 0.1) is 31.6 Å². The van der Waals surface area contributed by atoms with Crippen LogP contribution in [0.5, 0.6) is 11.5 Å². The third-order valence-corrected chi connectivity index (χ3v) is 4.72. The van der Waals surface area contributed by atoms with E-state index in [1.165, 1.54) is 20.3 Å². The van der Waals surface area contributed by atoms with Crippen molar-refractivity contribution in [2.24, 2.45) is 0 Å². The molecule has 0 saturated carbocycles. The van der Waals surface area contributed by atoms with E-state index in [9.17, 15) is 4.79 Å². The second kappa shape index (κ2) is 9.30. The van der Waals surface area contributed by atoms with Crippen molar-refractivity contribution in [3.63, 3.8) is 0 Å². The summed E-state index contributed by atoms with van der Waals surface area (Å²) in [6.07, 6.45) is 8.50. The van der Waals surface area contributed by atoms with Crippen LogP contribution in [0.15, 0.2) is 61.2 Å². The molecular formula is C22H22ClN3O3. The fraction of sp³-hybridized carbons (Fsp3) is 0.182. The molecule has 7 heteroatoms. The molecule has 0 spiro atoms. The van der Waals surface area contributed by atoms with Gasteiger partial charge in [0.1, 0.15) is 0 Å². The monoisotopic (exact) mass is 411 g/mol. The lowest BCUT2D eigenvalue weighted by molar-refractivity contribution is -0.117. The number of imidazole rings is 1. The quantitative estimate of drug-likeness (QED) is 0.584. The number of nitrogens with one attached hydrogen (secondary N) is 1. The van der Waals surface area contributed by atoms with Gasteiger partial charge in [-0.3, -0.25) is 4.79 Å². The fourth-order valence-electron chi connectivity index (χ4n) is 2.90. The highest BCUT2D eigenvalue weighted by atomic mass is 35.5. The zero-order valence-corrected chi connectivity index (χ0v) is 17.2. The Morgan fingerprint density at radius 3 is 2.59 bits per heavy atom. The van der Waals surface area contributed by atoms with Crippen LogP contribution in [0.1, 0.15) is 24.1 Å². The van der Waals surface area contributed by atoms with E-state index in [1.54, 1.807) is 30.7 Å². The Balaban J connectivity index is 1.65. The molecule has 0 fully saturated rings. The molecule has 2 aromatic carbocycles. The average molecular weight is 412 g/mol. The molecule has 0 aliphatic rings. The van der Waals surface area contributed by atoms with Gasteiger partial charge in [-0.25, -0.2) is 4.98 Å². The van der Waals surface area contributed by atoms with Crippen molar-refractivity contribution in [2.45, 2.75) is 13.0 Å². The molecular weight excluding hydrogens is 390 g/mol. The van der Waals surface area contributed by atoms with Crippen molar-refractivity contribution >= 4 is 23.6 Å². The number of hydrogen-bond donors (Lipinski definition) is 1. The predicted molar refractivity (Wildman–Crippen MR) is 114 cm³/mol. The van der Waals surface area contributed by atoms with Crippen LogP contribution in [0.3, 0.4) is 0 Å². The van der Waals surface area contributed by atoms with E-state index in [1.807, 2.05) is 42.0 Å². The first-order chi connectivity index (χ1) is 14.0. The first-order valence-electron chi connectivity index (χ1n) is 9.00. The number of aromatic nitrogens is 2. The summed E-state index contributed by atoms with van der Waals surface area (Å²) in [5.74, 6) is 0.761. The molecule has 0 aliphatic carbocycles. The molecule has 1 heterocycles. The van der Waals surface area contributed by atoms with Gasteiger partial charge < -0.3 is 19.4 Å². The lowest BCUT2D eigenvalue weighted by Crippen LogP contribution is -2.24. The van der Waals surface area contributed by atoms with Gasteiger partial charge in [-0.05, 0) is 48.4 Å². The molecule has 3 rings (SSSR count). The minimum Gasteiger partial charge on any atom is -0.493 e. The Bertz CT molecular complexity index is 999. The fourth-order valence-corrected chi connectivity index (χ4v) is 3.19. The smallest absolute Gasteiger partial charge is 0.244 e. The van der Waals surface area contributed by atoms with Crippen LogP contribution >= 0.6 is 11.6 Å². The van der Waals surface area contributed by atoms with Gasteiger partial charge in [-0.15, -0.1) is 0 Å². The molecule has 6 nitrogen and oxygen atoms in total. The molecule has 0 bridgehead atoms. The Kier molecular flexibility index (Phi) is 6.57. The van der Waals surface area contributed by atoms with E-state index in [4.69, 9.17) is 21.1 Å². The molecule has 1 atom stereocenters. The molecule has 1 amide bonds. The molecule has 1 N–H and O–H groups in total. The van der Waals surface area contributed by atoms with Crippen LogP contribution in [0, 0.1) is 0 Å². The molecule has 0 saturated heterocycles. The number of benzene rings is 2. The van der Waals surface area contributed by atoms with Gasteiger partial charge in [0.25, 0.3) is 0 Å². The van der Waals surface area contributed by atoms with E-state index in [0.717, 1.165) is 16.8 Å². The topological polar surface area (TPSA) is 65.4 Å². The Morgan fingerprint density at radius 1 is 1.21 bits per heavy atom. The van der Waals surface area contributed by atoms with Gasteiger partial charge in [0.15, 0.2) is 11.5 Å². The third-order valence-electron chi connectivity index (χ3n) is 4.44. The van der Waals surface area contributed by atoms with Crippen LogP contribution in [0.4, 0.5) is 0 Å². The highest BCUT2D eigenvalue weighted by Gasteiger charge is 2.11. The van der Waals surface area contributed by atoms with Crippen LogP contribution in [0.2, 0.25) is 5.02 Å². The summed E-state index contributed by atoms with van der Waals surface area (Å²) in [6, 6.07) is 11.3. The highest BCUT2D eigenvalue weighted by molar-refractivity contribution is 6.32. The van der Waals surface area contributed by atoms with E-state index in [2.05, 4.69) is 10.3 Å². The van der Waals surface area contributed by atoms with Crippen molar-refractivity contribution in [3.8, 4) is 17.2 Å². The van der Waals surface area contributed by atoms with Crippen molar-refractivity contribution in [3.05, 3.63) is 77.3 Å². The maximum Gasteiger partial charge on any atom is 0.244 e. The highest BCUT2D eigenvalue weighted by Crippen LogP contribution is 2.36. The number of nitrogens with zero attached hydrogens (tertiary/aromatic N) is 2. The van der Waals surface area contributed by atoms with Crippen molar-refractivity contribution in [1.82, 2.24) is 14.9 Å². The predicted octanol–water partition coefficient (Wildman–Crippen LogP) is 4.43. The van der Waals surface area contributed by atoms with Crippen LogP contribution in [-0.2, 0) is 4.79 Å². The molecule has 0 aliphatic heterocycles. The largest absolute Gasteiger partial charge is 0.493 e. The maximum absolute atomic E-state index is 12.3. The summed E-state index contributed by atoms with van der Waals surface area (Å²) < 4.78 is 12.4. The Labute approximate surface area is 174 Å². The van der Waals surface area contributed by atoms with Crippen LogP contribution in [0.25, 0.3) is 11.8 Å². The number of halogens is 1. The van der Waals surface area contributed by atoms with Gasteiger partial charge >= 0.3 is 0 Å². The van der Waals surface area contributed by atoms with E-state index < -0.39 is 0 Å². The summed E-state index contributed by atoms with van der Waals surface area (Å²) in [4.78, 5) is 16.4. The summed E-state index contributed by atoms with van der Waals surface area (Å²) in [7, 11) is 3.06. The first kappa shape index (κ1) is 20.5. The second-order valence-electron chi connectivity index (χ2n) is 6.36. The lowest BCUT2D eigenvalue weighted by atomic mass is 10.1. The Hall–Kier alpha value is -3.25. The number of methoxy groups -OCH3 is 2. The van der Waals surface area contributed by atoms with E-state index in [-0.39, 0.29) is 11.9 Å². The van der Waals surface area contributed by atoms with Crippen molar-refractivity contribution in [2.75, 3.05) is 14.2 Å². The van der Waals surface area contributed by atoms with Gasteiger partial charge in [-0.2, -0.15) is 0 Å². The summed E-state index contributed by atoms with van der Waals surface area (Å²) in [5.41, 5.74) is 2.75. The van der Waals surface area contributed by atoms with Crippen LogP contribution in [-0.4, -0.2) is 29.7 Å². The number of rotatable bonds is 7. The summed E-state index contributed by atoms with van der Waals surface area (Å²) >= 11 is 6.20. The standard InChI is InChI=1S/C22H22ClN3O3/c1-15(17-5-7-18(8-6-17)26-11-10-24-14-26)25-21(27)9-4-16-12-19(23)22(29-3)20(13-16)28-2/h4-15H,1-3H3,(H,25,27)/b9-4+/t15-/m0/s1. The van der Waals surface area contributed by atoms with Gasteiger partial charge in [-0.1, -0.05) is 23.7 Å². The Morgan fingerprint density at radius 2 is 1.97 bits per heavy atom. The number of hydrogen-bond acceptors (Lipinski definition) is 4. The maximum atomic E-state index is 12.3. The SMILES string of the molecule is COc1cc(/C=C/C(=O)N[C@@H](C)c2ccc(-n3ccnc3)cc2)cc(Cl)c1OC. The average Bonchev–Trinajstić information content (AvgIpc) is 3.26. The second-order valence-corrected chi connectivity index (χ2v) is 6.77. The molecule has 3 aromatic rings. The van der Waals surface area contributed by atoms with Crippen LogP contribution < -0.4 is 14.8 Å². The van der Waals surface area contributed by atoms with Crippen molar-refractivity contribution < 1.29 is 14.3 Å². The molecule has 29 heavy (non-hydrogen) atoms. The number of carbonyl (C=O) groups excluding carboxylic acids is 1. The third kappa shape index (κ3) is 4.97. The normalized spacial score (nSPS) is 12.0. The number of ether oxygens (including phenoxy) is 2. The minimum atomic E-state index is -0.206.